The summed E-state index contributed by atoms with van der Waals surface area (Å²) in [4.78, 5) is 14.9. The van der Waals surface area contributed by atoms with E-state index in [9.17, 15) is 10.1 Å². The highest BCUT2D eigenvalue weighted by molar-refractivity contribution is 5.55. The summed E-state index contributed by atoms with van der Waals surface area (Å²) >= 11 is 0. The molecule has 2 aromatic rings. The lowest BCUT2D eigenvalue weighted by Gasteiger charge is -2.05. The Labute approximate surface area is 122 Å². The van der Waals surface area contributed by atoms with Crippen molar-refractivity contribution in [2.24, 2.45) is 0 Å². The molecule has 7 nitrogen and oxygen atoms in total. The van der Waals surface area contributed by atoms with Crippen LogP contribution in [0.4, 0.5) is 11.4 Å². The summed E-state index contributed by atoms with van der Waals surface area (Å²) in [6.45, 7) is 4.28. The van der Waals surface area contributed by atoms with Crippen LogP contribution < -0.4 is 5.32 Å². The van der Waals surface area contributed by atoms with Gasteiger partial charge in [-0.15, -0.1) is 0 Å². The van der Waals surface area contributed by atoms with Crippen LogP contribution in [0.2, 0.25) is 0 Å². The number of hydrogen-bond acceptors (Lipinski definition) is 6. The van der Waals surface area contributed by atoms with Crippen molar-refractivity contribution in [2.75, 3.05) is 5.32 Å². The van der Waals surface area contributed by atoms with Gasteiger partial charge in [0.1, 0.15) is 0 Å². The minimum Gasteiger partial charge on any atom is -0.376 e. The number of aromatic nitrogens is 2. The van der Waals surface area contributed by atoms with Gasteiger partial charge in [0.15, 0.2) is 5.82 Å². The van der Waals surface area contributed by atoms with Crippen LogP contribution in [0.5, 0.6) is 0 Å². The highest BCUT2D eigenvalue weighted by Crippen LogP contribution is 2.23. The molecule has 1 aromatic carbocycles. The molecule has 7 heteroatoms. The van der Waals surface area contributed by atoms with Crippen molar-refractivity contribution in [2.45, 2.75) is 39.7 Å². The first-order valence-corrected chi connectivity index (χ1v) is 6.96. The smallest absolute Gasteiger partial charge is 0.274 e. The van der Waals surface area contributed by atoms with Crippen LogP contribution in [0.25, 0.3) is 0 Å². The number of nitro groups is 1. The first-order valence-electron chi connectivity index (χ1n) is 6.96. The maximum Gasteiger partial charge on any atom is 0.274 e. The van der Waals surface area contributed by atoms with Gasteiger partial charge in [0.2, 0.25) is 5.89 Å². The third kappa shape index (κ3) is 3.77. The Bertz CT molecular complexity index is 624. The standard InChI is InChI=1S/C14H18N4O3/c1-3-5-13-16-14(21-17-13)9-15-11-7-6-10(4-2)12(8-11)18(19)20/h6-8,15H,3-5,9H2,1-2H3. The van der Waals surface area contributed by atoms with Gasteiger partial charge in [0.25, 0.3) is 5.69 Å². The fourth-order valence-electron chi connectivity index (χ4n) is 2.01. The van der Waals surface area contributed by atoms with Gasteiger partial charge in [0, 0.05) is 23.7 Å². The number of nitrogens with zero attached hydrogens (tertiary/aromatic N) is 3. The molecular weight excluding hydrogens is 272 g/mol. The third-order valence-corrected chi connectivity index (χ3v) is 3.09. The van der Waals surface area contributed by atoms with E-state index in [2.05, 4.69) is 15.5 Å². The first-order chi connectivity index (χ1) is 10.1. The van der Waals surface area contributed by atoms with Crippen LogP contribution in [0, 0.1) is 10.1 Å². The van der Waals surface area contributed by atoms with E-state index in [0.29, 0.717) is 35.9 Å². The van der Waals surface area contributed by atoms with Crippen molar-refractivity contribution in [3.05, 3.63) is 45.6 Å². The zero-order valence-electron chi connectivity index (χ0n) is 12.1. The molecule has 0 fully saturated rings. The Morgan fingerprint density at radius 2 is 2.19 bits per heavy atom. The number of hydrogen-bond donors (Lipinski definition) is 1. The Balaban J connectivity index is 2.05. The summed E-state index contributed by atoms with van der Waals surface area (Å²) in [5, 5.41) is 17.9. The fourth-order valence-corrected chi connectivity index (χ4v) is 2.01. The molecule has 112 valence electrons. The van der Waals surface area contributed by atoms with Crippen LogP contribution in [0.1, 0.15) is 37.5 Å². The lowest BCUT2D eigenvalue weighted by molar-refractivity contribution is -0.385. The summed E-state index contributed by atoms with van der Waals surface area (Å²) in [6, 6.07) is 5.11. The van der Waals surface area contributed by atoms with Crippen molar-refractivity contribution in [3.8, 4) is 0 Å². The van der Waals surface area contributed by atoms with Gasteiger partial charge in [-0.2, -0.15) is 4.98 Å². The molecule has 0 amide bonds. The van der Waals surface area contributed by atoms with Gasteiger partial charge >= 0.3 is 0 Å². The monoisotopic (exact) mass is 290 g/mol. The van der Waals surface area contributed by atoms with Crippen LogP contribution >= 0.6 is 0 Å². The Hall–Kier alpha value is -2.44. The topological polar surface area (TPSA) is 94.1 Å². The fraction of sp³-hybridized carbons (Fsp3) is 0.429. The van der Waals surface area contributed by atoms with Gasteiger partial charge < -0.3 is 9.84 Å². The highest BCUT2D eigenvalue weighted by Gasteiger charge is 2.13. The molecule has 0 spiro atoms. The predicted octanol–water partition coefficient (Wildman–Crippen LogP) is 3.10. The van der Waals surface area contributed by atoms with Crippen molar-refractivity contribution in [3.63, 3.8) is 0 Å². The summed E-state index contributed by atoms with van der Waals surface area (Å²) in [6.07, 6.45) is 2.36. The molecule has 21 heavy (non-hydrogen) atoms. The lowest BCUT2D eigenvalue weighted by Crippen LogP contribution is -2.02. The number of aryl methyl sites for hydroxylation is 2. The van der Waals surface area contributed by atoms with Crippen LogP contribution in [0.3, 0.4) is 0 Å². The zero-order valence-corrected chi connectivity index (χ0v) is 12.1. The number of nitrogens with one attached hydrogen (secondary N) is 1. The van der Waals surface area contributed by atoms with Gasteiger partial charge in [-0.1, -0.05) is 25.1 Å². The molecule has 0 atom stereocenters. The maximum absolute atomic E-state index is 11.0. The quantitative estimate of drug-likeness (QED) is 0.622. The van der Waals surface area contributed by atoms with E-state index in [-0.39, 0.29) is 10.6 Å². The predicted molar refractivity (Wildman–Crippen MR) is 78.1 cm³/mol. The summed E-state index contributed by atoms with van der Waals surface area (Å²) in [5.74, 6) is 1.15. The Morgan fingerprint density at radius 1 is 1.38 bits per heavy atom. The average molecular weight is 290 g/mol. The van der Waals surface area contributed by atoms with Gasteiger partial charge in [-0.3, -0.25) is 10.1 Å². The second kappa shape index (κ2) is 6.83. The lowest BCUT2D eigenvalue weighted by atomic mass is 10.1. The molecule has 1 aromatic heterocycles. The molecule has 0 aliphatic rings. The van der Waals surface area contributed by atoms with Crippen molar-refractivity contribution >= 4 is 11.4 Å². The van der Waals surface area contributed by atoms with Crippen molar-refractivity contribution in [1.82, 2.24) is 10.1 Å². The molecule has 0 unspecified atom stereocenters. The molecule has 0 saturated heterocycles. The Kier molecular flexibility index (Phi) is 4.86. The molecule has 2 rings (SSSR count). The largest absolute Gasteiger partial charge is 0.376 e. The molecule has 0 bridgehead atoms. The van der Waals surface area contributed by atoms with Crippen LogP contribution in [-0.4, -0.2) is 15.1 Å². The van der Waals surface area contributed by atoms with Gasteiger partial charge in [-0.05, 0) is 18.9 Å². The summed E-state index contributed by atoms with van der Waals surface area (Å²) in [5.41, 5.74) is 1.50. The minimum absolute atomic E-state index is 0.125. The number of nitro benzene ring substituents is 1. The van der Waals surface area contributed by atoms with Gasteiger partial charge in [-0.25, -0.2) is 0 Å². The number of benzene rings is 1. The van der Waals surface area contributed by atoms with E-state index >= 15 is 0 Å². The van der Waals surface area contributed by atoms with E-state index in [1.54, 1.807) is 6.07 Å². The zero-order chi connectivity index (χ0) is 15.2. The highest BCUT2D eigenvalue weighted by atomic mass is 16.6. The molecule has 1 heterocycles. The maximum atomic E-state index is 11.0. The van der Waals surface area contributed by atoms with E-state index in [4.69, 9.17) is 4.52 Å². The van der Waals surface area contributed by atoms with Crippen molar-refractivity contribution < 1.29 is 9.45 Å². The Morgan fingerprint density at radius 3 is 2.86 bits per heavy atom. The first kappa shape index (κ1) is 15.0. The third-order valence-electron chi connectivity index (χ3n) is 3.09. The van der Waals surface area contributed by atoms with Crippen molar-refractivity contribution in [1.29, 1.82) is 0 Å². The summed E-state index contributed by atoms with van der Waals surface area (Å²) < 4.78 is 5.10. The molecule has 1 N–H and O–H groups in total. The van der Waals surface area contributed by atoms with E-state index in [1.807, 2.05) is 19.9 Å². The molecule has 0 aliphatic carbocycles. The second-order valence-electron chi connectivity index (χ2n) is 4.66. The molecule has 0 radical (unpaired) electrons. The molecular formula is C14H18N4O3. The number of anilines is 1. The SMILES string of the molecule is CCCc1noc(CNc2ccc(CC)c([N+](=O)[O-])c2)n1. The van der Waals surface area contributed by atoms with E-state index < -0.39 is 0 Å². The normalized spacial score (nSPS) is 10.6. The van der Waals surface area contributed by atoms with Crippen LogP contribution in [-0.2, 0) is 19.4 Å². The molecule has 0 saturated carbocycles. The average Bonchev–Trinajstić information content (AvgIpc) is 2.93. The minimum atomic E-state index is -0.365. The van der Waals surface area contributed by atoms with E-state index in [0.717, 1.165) is 12.8 Å². The second-order valence-corrected chi connectivity index (χ2v) is 4.66. The van der Waals surface area contributed by atoms with Gasteiger partial charge in [0.05, 0.1) is 11.5 Å². The van der Waals surface area contributed by atoms with E-state index in [1.165, 1.54) is 6.07 Å². The number of rotatable bonds is 7. The summed E-state index contributed by atoms with van der Waals surface area (Å²) in [7, 11) is 0. The molecule has 0 aliphatic heterocycles. The van der Waals surface area contributed by atoms with Crippen LogP contribution in [0.15, 0.2) is 22.7 Å².